The van der Waals surface area contributed by atoms with Crippen LogP contribution in [0.3, 0.4) is 0 Å². The Morgan fingerprint density at radius 3 is 2.35 bits per heavy atom. The van der Waals surface area contributed by atoms with E-state index in [1.807, 2.05) is 30.3 Å². The second kappa shape index (κ2) is 6.57. The number of hydrogen-bond acceptors (Lipinski definition) is 6. The van der Waals surface area contributed by atoms with E-state index in [-0.39, 0.29) is 11.5 Å². The van der Waals surface area contributed by atoms with Gasteiger partial charge >= 0.3 is 0 Å². The van der Waals surface area contributed by atoms with Crippen LogP contribution in [0.5, 0.6) is 11.5 Å². The highest BCUT2D eigenvalue weighted by molar-refractivity contribution is 5.84. The predicted octanol–water partition coefficient (Wildman–Crippen LogP) is 3.00. The van der Waals surface area contributed by atoms with E-state index in [4.69, 9.17) is 0 Å². The van der Waals surface area contributed by atoms with Crippen molar-refractivity contribution >= 4 is 12.2 Å². The van der Waals surface area contributed by atoms with Gasteiger partial charge in [0.2, 0.25) is 5.95 Å². The fourth-order valence-corrected chi connectivity index (χ4v) is 1.97. The lowest BCUT2D eigenvalue weighted by atomic mass is 10.1. The van der Waals surface area contributed by atoms with Crippen molar-refractivity contribution in [1.82, 2.24) is 9.97 Å². The average molecular weight is 306 g/mol. The van der Waals surface area contributed by atoms with E-state index in [0.29, 0.717) is 11.5 Å². The first-order valence-corrected chi connectivity index (χ1v) is 6.91. The number of benzene rings is 2. The number of nitrogens with zero attached hydrogens (tertiary/aromatic N) is 3. The molecule has 0 spiro atoms. The van der Waals surface area contributed by atoms with Crippen LogP contribution in [0.4, 0.5) is 5.95 Å². The van der Waals surface area contributed by atoms with E-state index in [1.54, 1.807) is 18.5 Å². The van der Waals surface area contributed by atoms with Gasteiger partial charge in [-0.05, 0) is 17.7 Å². The van der Waals surface area contributed by atoms with Crippen LogP contribution in [0.15, 0.2) is 66.0 Å². The van der Waals surface area contributed by atoms with E-state index >= 15 is 0 Å². The average Bonchev–Trinajstić information content (AvgIpc) is 2.58. The lowest BCUT2D eigenvalue weighted by Gasteiger charge is -2.02. The molecule has 0 fully saturated rings. The molecular weight excluding hydrogens is 292 g/mol. The molecule has 0 amide bonds. The first-order valence-electron chi connectivity index (χ1n) is 6.91. The number of rotatable bonds is 4. The summed E-state index contributed by atoms with van der Waals surface area (Å²) in [6, 6.07) is 14.1. The Bertz CT molecular complexity index is 818. The van der Waals surface area contributed by atoms with Gasteiger partial charge in [-0.2, -0.15) is 5.10 Å². The van der Waals surface area contributed by atoms with Crippen LogP contribution < -0.4 is 5.43 Å². The molecular formula is C17H14N4O2. The minimum Gasteiger partial charge on any atom is -0.508 e. The van der Waals surface area contributed by atoms with Gasteiger partial charge in [-0.3, -0.25) is 0 Å². The van der Waals surface area contributed by atoms with Gasteiger partial charge < -0.3 is 10.2 Å². The predicted molar refractivity (Wildman–Crippen MR) is 88.5 cm³/mol. The summed E-state index contributed by atoms with van der Waals surface area (Å²) in [6.45, 7) is 0. The minimum atomic E-state index is -0.0594. The Kier molecular flexibility index (Phi) is 4.15. The Morgan fingerprint density at radius 2 is 1.65 bits per heavy atom. The minimum absolute atomic E-state index is 0.00700. The number of hydrazone groups is 1. The van der Waals surface area contributed by atoms with Crippen molar-refractivity contribution in [1.29, 1.82) is 0 Å². The molecule has 1 aromatic heterocycles. The Morgan fingerprint density at radius 1 is 0.913 bits per heavy atom. The van der Waals surface area contributed by atoms with Gasteiger partial charge in [0.15, 0.2) is 0 Å². The van der Waals surface area contributed by atoms with Crippen molar-refractivity contribution in [2.75, 3.05) is 5.43 Å². The molecule has 23 heavy (non-hydrogen) atoms. The molecule has 0 saturated carbocycles. The molecule has 0 aliphatic rings. The number of hydrogen-bond donors (Lipinski definition) is 3. The van der Waals surface area contributed by atoms with Crippen molar-refractivity contribution < 1.29 is 10.2 Å². The number of phenols is 2. The van der Waals surface area contributed by atoms with Crippen LogP contribution in [-0.2, 0) is 0 Å². The number of nitrogens with one attached hydrogen (secondary N) is 1. The van der Waals surface area contributed by atoms with E-state index in [0.717, 1.165) is 11.1 Å². The van der Waals surface area contributed by atoms with Gasteiger partial charge in [-0.25, -0.2) is 15.4 Å². The van der Waals surface area contributed by atoms with Crippen LogP contribution in [-0.4, -0.2) is 26.4 Å². The summed E-state index contributed by atoms with van der Waals surface area (Å²) in [7, 11) is 0. The summed E-state index contributed by atoms with van der Waals surface area (Å²) < 4.78 is 0. The van der Waals surface area contributed by atoms with E-state index in [2.05, 4.69) is 20.5 Å². The zero-order valence-electron chi connectivity index (χ0n) is 12.1. The SMILES string of the molecule is Oc1ccc(/C=N/Nc2ncc(-c3ccccc3)cn2)c(O)c1. The molecule has 3 N–H and O–H groups in total. The van der Waals surface area contributed by atoms with E-state index < -0.39 is 0 Å². The van der Waals surface area contributed by atoms with Gasteiger partial charge in [-0.15, -0.1) is 0 Å². The third-order valence-electron chi connectivity index (χ3n) is 3.14. The van der Waals surface area contributed by atoms with Crippen LogP contribution in [0.1, 0.15) is 5.56 Å². The smallest absolute Gasteiger partial charge is 0.243 e. The molecule has 2 aromatic carbocycles. The molecule has 0 aliphatic carbocycles. The van der Waals surface area contributed by atoms with Gasteiger partial charge in [0.25, 0.3) is 0 Å². The quantitative estimate of drug-likeness (QED) is 0.509. The second-order valence-corrected chi connectivity index (χ2v) is 4.77. The van der Waals surface area contributed by atoms with Crippen molar-refractivity contribution in [2.45, 2.75) is 0 Å². The molecule has 0 saturated heterocycles. The van der Waals surface area contributed by atoms with Gasteiger partial charge in [0.05, 0.1) is 6.21 Å². The van der Waals surface area contributed by atoms with E-state index in [9.17, 15) is 10.2 Å². The summed E-state index contributed by atoms with van der Waals surface area (Å²) in [4.78, 5) is 8.37. The Hall–Kier alpha value is -3.41. The van der Waals surface area contributed by atoms with Gasteiger partial charge in [0.1, 0.15) is 11.5 Å². The van der Waals surface area contributed by atoms with Crippen LogP contribution in [0.25, 0.3) is 11.1 Å². The maximum atomic E-state index is 9.64. The van der Waals surface area contributed by atoms with Crippen molar-refractivity contribution in [3.05, 3.63) is 66.5 Å². The molecule has 114 valence electrons. The lowest BCUT2D eigenvalue weighted by Crippen LogP contribution is -1.96. The largest absolute Gasteiger partial charge is 0.508 e. The maximum Gasteiger partial charge on any atom is 0.243 e. The Balaban J connectivity index is 1.68. The summed E-state index contributed by atoms with van der Waals surface area (Å²) in [5.41, 5.74) is 5.11. The molecule has 0 atom stereocenters. The van der Waals surface area contributed by atoms with Crippen LogP contribution >= 0.6 is 0 Å². The lowest BCUT2D eigenvalue weighted by molar-refractivity contribution is 0.450. The van der Waals surface area contributed by atoms with E-state index in [1.165, 1.54) is 18.3 Å². The van der Waals surface area contributed by atoms with Crippen molar-refractivity contribution in [3.8, 4) is 22.6 Å². The number of anilines is 1. The normalized spacial score (nSPS) is 10.8. The second-order valence-electron chi connectivity index (χ2n) is 4.77. The van der Waals surface area contributed by atoms with Crippen molar-refractivity contribution in [2.24, 2.45) is 5.10 Å². The summed E-state index contributed by atoms with van der Waals surface area (Å²) in [5.74, 6) is 0.280. The van der Waals surface area contributed by atoms with Crippen LogP contribution in [0, 0.1) is 0 Å². The van der Waals surface area contributed by atoms with Crippen molar-refractivity contribution in [3.63, 3.8) is 0 Å². The highest BCUT2D eigenvalue weighted by Gasteiger charge is 2.00. The third kappa shape index (κ3) is 3.62. The topological polar surface area (TPSA) is 90.6 Å². The summed E-state index contributed by atoms with van der Waals surface area (Å²) in [5, 5.41) is 22.8. The molecule has 0 bridgehead atoms. The van der Waals surface area contributed by atoms with Crippen LogP contribution in [0.2, 0.25) is 0 Å². The maximum absolute atomic E-state index is 9.64. The molecule has 6 heteroatoms. The van der Waals surface area contributed by atoms with Gasteiger partial charge in [0, 0.05) is 29.6 Å². The molecule has 0 aliphatic heterocycles. The highest BCUT2D eigenvalue weighted by Crippen LogP contribution is 2.21. The molecule has 0 radical (unpaired) electrons. The zero-order chi connectivity index (χ0) is 16.1. The first kappa shape index (κ1) is 14.5. The fraction of sp³-hybridized carbons (Fsp3) is 0. The molecule has 3 rings (SSSR count). The zero-order valence-corrected chi connectivity index (χ0v) is 12.1. The number of phenolic OH excluding ortho intramolecular Hbond substituents is 2. The summed E-state index contributed by atoms with van der Waals surface area (Å²) in [6.07, 6.45) is 4.83. The molecule has 3 aromatic rings. The number of aromatic nitrogens is 2. The Labute approximate surface area is 132 Å². The monoisotopic (exact) mass is 306 g/mol. The third-order valence-corrected chi connectivity index (χ3v) is 3.14. The number of aromatic hydroxyl groups is 2. The molecule has 0 unspecified atom stereocenters. The summed E-state index contributed by atoms with van der Waals surface area (Å²) >= 11 is 0. The standard InChI is InChI=1S/C17H14N4O2/c22-15-7-6-13(16(23)8-15)11-20-21-17-18-9-14(10-19-17)12-4-2-1-3-5-12/h1-11,22-23H,(H,18,19,21)/b20-11+. The molecule has 6 nitrogen and oxygen atoms in total. The molecule has 1 heterocycles. The van der Waals surface area contributed by atoms with Gasteiger partial charge in [-0.1, -0.05) is 30.3 Å². The fourth-order valence-electron chi connectivity index (χ4n) is 1.97. The highest BCUT2D eigenvalue weighted by atomic mass is 16.3. The first-order chi connectivity index (χ1) is 11.2.